The van der Waals surface area contributed by atoms with Gasteiger partial charge in [0, 0.05) is 12.7 Å². The van der Waals surface area contributed by atoms with E-state index in [2.05, 4.69) is 17.1 Å². The minimum absolute atomic E-state index is 0.817. The van der Waals surface area contributed by atoms with Crippen molar-refractivity contribution in [3.63, 3.8) is 0 Å². The van der Waals surface area contributed by atoms with Crippen LogP contribution >= 0.6 is 0 Å². The fraction of sp³-hybridized carbons (Fsp3) is 1.00. The third-order valence-corrected chi connectivity index (χ3v) is 4.49. The lowest BCUT2D eigenvalue weighted by Crippen LogP contribution is -2.44. The van der Waals surface area contributed by atoms with E-state index >= 15 is 0 Å². The average Bonchev–Trinajstić information content (AvgIpc) is 2.38. The Balaban J connectivity index is 1.59. The van der Waals surface area contributed by atoms with E-state index in [1.807, 2.05) is 0 Å². The zero-order valence-electron chi connectivity index (χ0n) is 10.9. The smallest absolute Gasteiger partial charge is 0.0482 e. The lowest BCUT2D eigenvalue weighted by atomic mass is 9.94. The normalized spacial score (nSPS) is 26.1. The maximum atomic E-state index is 3.75. The molecule has 1 aliphatic carbocycles. The lowest BCUT2D eigenvalue weighted by molar-refractivity contribution is 0.159. The van der Waals surface area contributed by atoms with Gasteiger partial charge in [0.2, 0.25) is 0 Å². The van der Waals surface area contributed by atoms with Gasteiger partial charge in [-0.1, -0.05) is 32.6 Å². The molecule has 1 saturated carbocycles. The highest BCUT2D eigenvalue weighted by atomic mass is 15.2. The van der Waals surface area contributed by atoms with Crippen LogP contribution in [0.4, 0.5) is 0 Å². The largest absolute Gasteiger partial charge is 0.302 e. The van der Waals surface area contributed by atoms with Crippen molar-refractivity contribution in [2.24, 2.45) is 5.92 Å². The van der Waals surface area contributed by atoms with Gasteiger partial charge in [-0.25, -0.2) is 0 Å². The SMILES string of the molecule is CCC1CCN(CNC2CCCCC2)CC1. The summed E-state index contributed by atoms with van der Waals surface area (Å²) in [5.74, 6) is 1.01. The molecule has 94 valence electrons. The molecule has 0 aromatic carbocycles. The molecule has 0 amide bonds. The maximum Gasteiger partial charge on any atom is 0.0482 e. The molecule has 2 aliphatic rings. The lowest BCUT2D eigenvalue weighted by Gasteiger charge is -2.33. The molecule has 2 heteroatoms. The van der Waals surface area contributed by atoms with Gasteiger partial charge in [0.15, 0.2) is 0 Å². The molecular weight excluding hydrogens is 196 g/mol. The molecule has 2 fully saturated rings. The second-order valence-electron chi connectivity index (χ2n) is 5.67. The minimum atomic E-state index is 0.817. The third-order valence-electron chi connectivity index (χ3n) is 4.49. The van der Waals surface area contributed by atoms with Crippen LogP contribution in [0, 0.1) is 5.92 Å². The van der Waals surface area contributed by atoms with Gasteiger partial charge in [-0.3, -0.25) is 4.90 Å². The average molecular weight is 224 g/mol. The molecule has 1 saturated heterocycles. The molecule has 16 heavy (non-hydrogen) atoms. The van der Waals surface area contributed by atoms with Crippen LogP contribution in [0.25, 0.3) is 0 Å². The predicted octanol–water partition coefficient (Wildman–Crippen LogP) is 2.99. The molecule has 0 aromatic heterocycles. The molecule has 0 unspecified atom stereocenters. The number of hydrogen-bond acceptors (Lipinski definition) is 2. The van der Waals surface area contributed by atoms with Gasteiger partial charge in [-0.2, -0.15) is 0 Å². The molecule has 0 atom stereocenters. The number of likely N-dealkylation sites (tertiary alicyclic amines) is 1. The van der Waals surface area contributed by atoms with E-state index in [4.69, 9.17) is 0 Å². The van der Waals surface area contributed by atoms with Crippen molar-refractivity contribution in [2.75, 3.05) is 19.8 Å². The summed E-state index contributed by atoms with van der Waals surface area (Å²) in [5, 5.41) is 3.75. The Morgan fingerprint density at radius 1 is 1.00 bits per heavy atom. The van der Waals surface area contributed by atoms with Crippen molar-refractivity contribution in [1.29, 1.82) is 0 Å². The van der Waals surface area contributed by atoms with Crippen LogP contribution in [-0.2, 0) is 0 Å². The summed E-state index contributed by atoms with van der Waals surface area (Å²) in [7, 11) is 0. The molecular formula is C14H28N2. The van der Waals surface area contributed by atoms with Crippen molar-refractivity contribution >= 4 is 0 Å². The summed E-state index contributed by atoms with van der Waals surface area (Å²) in [6, 6.07) is 0.817. The second kappa shape index (κ2) is 6.61. The first-order valence-corrected chi connectivity index (χ1v) is 7.34. The number of piperidine rings is 1. The summed E-state index contributed by atoms with van der Waals surface area (Å²) in [6.07, 6.45) is 11.4. The molecule has 0 radical (unpaired) electrons. The van der Waals surface area contributed by atoms with Crippen LogP contribution in [0.15, 0.2) is 0 Å². The van der Waals surface area contributed by atoms with Crippen LogP contribution in [0.1, 0.15) is 58.3 Å². The molecule has 1 heterocycles. The zero-order chi connectivity index (χ0) is 11.2. The van der Waals surface area contributed by atoms with E-state index in [-0.39, 0.29) is 0 Å². The molecule has 1 aliphatic heterocycles. The Labute approximate surface area is 101 Å². The summed E-state index contributed by atoms with van der Waals surface area (Å²) in [6.45, 7) is 6.11. The van der Waals surface area contributed by atoms with Crippen LogP contribution in [0.5, 0.6) is 0 Å². The van der Waals surface area contributed by atoms with Crippen molar-refractivity contribution in [2.45, 2.75) is 64.3 Å². The Kier molecular flexibility index (Phi) is 5.11. The van der Waals surface area contributed by atoms with E-state index in [0.29, 0.717) is 0 Å². The van der Waals surface area contributed by atoms with E-state index in [0.717, 1.165) is 18.6 Å². The molecule has 0 aromatic rings. The molecule has 2 rings (SSSR count). The van der Waals surface area contributed by atoms with E-state index in [1.165, 1.54) is 64.5 Å². The number of nitrogens with one attached hydrogen (secondary N) is 1. The Morgan fingerprint density at radius 2 is 1.69 bits per heavy atom. The predicted molar refractivity (Wildman–Crippen MR) is 69.5 cm³/mol. The van der Waals surface area contributed by atoms with Gasteiger partial charge in [-0.05, 0) is 44.7 Å². The Bertz CT molecular complexity index is 179. The highest BCUT2D eigenvalue weighted by Crippen LogP contribution is 2.20. The van der Waals surface area contributed by atoms with Crippen LogP contribution in [0.2, 0.25) is 0 Å². The van der Waals surface area contributed by atoms with Gasteiger partial charge in [0.25, 0.3) is 0 Å². The topological polar surface area (TPSA) is 15.3 Å². The fourth-order valence-corrected chi connectivity index (χ4v) is 3.12. The Hall–Kier alpha value is -0.0800. The summed E-state index contributed by atoms with van der Waals surface area (Å²) < 4.78 is 0. The van der Waals surface area contributed by atoms with Crippen molar-refractivity contribution in [1.82, 2.24) is 10.2 Å². The first kappa shape index (κ1) is 12.4. The highest BCUT2D eigenvalue weighted by Gasteiger charge is 2.19. The zero-order valence-corrected chi connectivity index (χ0v) is 10.9. The fourth-order valence-electron chi connectivity index (χ4n) is 3.12. The number of hydrogen-bond donors (Lipinski definition) is 1. The monoisotopic (exact) mass is 224 g/mol. The van der Waals surface area contributed by atoms with E-state index in [1.54, 1.807) is 0 Å². The maximum absolute atomic E-state index is 3.75. The quantitative estimate of drug-likeness (QED) is 0.790. The summed E-state index contributed by atoms with van der Waals surface area (Å²) in [4.78, 5) is 2.61. The minimum Gasteiger partial charge on any atom is -0.302 e. The van der Waals surface area contributed by atoms with Crippen molar-refractivity contribution in [3.05, 3.63) is 0 Å². The van der Waals surface area contributed by atoms with Gasteiger partial charge >= 0.3 is 0 Å². The van der Waals surface area contributed by atoms with Crippen LogP contribution in [0.3, 0.4) is 0 Å². The number of nitrogens with zero attached hydrogens (tertiary/aromatic N) is 1. The van der Waals surface area contributed by atoms with Gasteiger partial charge < -0.3 is 5.32 Å². The second-order valence-corrected chi connectivity index (χ2v) is 5.67. The molecule has 2 nitrogen and oxygen atoms in total. The Morgan fingerprint density at radius 3 is 2.31 bits per heavy atom. The van der Waals surface area contributed by atoms with Crippen LogP contribution in [-0.4, -0.2) is 30.7 Å². The van der Waals surface area contributed by atoms with Crippen molar-refractivity contribution < 1.29 is 0 Å². The summed E-state index contributed by atoms with van der Waals surface area (Å²) >= 11 is 0. The van der Waals surface area contributed by atoms with Crippen molar-refractivity contribution in [3.8, 4) is 0 Å². The van der Waals surface area contributed by atoms with Crippen LogP contribution < -0.4 is 5.32 Å². The van der Waals surface area contributed by atoms with Gasteiger partial charge in [0.05, 0.1) is 0 Å². The molecule has 0 bridgehead atoms. The van der Waals surface area contributed by atoms with E-state index < -0.39 is 0 Å². The van der Waals surface area contributed by atoms with E-state index in [9.17, 15) is 0 Å². The standard InChI is InChI=1S/C14H28N2/c1-2-13-8-10-16(11-9-13)12-15-14-6-4-3-5-7-14/h13-15H,2-12H2,1H3. The first-order valence-electron chi connectivity index (χ1n) is 7.34. The summed E-state index contributed by atoms with van der Waals surface area (Å²) in [5.41, 5.74) is 0. The first-order chi connectivity index (χ1) is 7.88. The van der Waals surface area contributed by atoms with Gasteiger partial charge in [0.1, 0.15) is 0 Å². The highest BCUT2D eigenvalue weighted by molar-refractivity contribution is 4.74. The molecule has 0 spiro atoms. The third kappa shape index (κ3) is 3.74. The number of rotatable bonds is 4. The van der Waals surface area contributed by atoms with Gasteiger partial charge in [-0.15, -0.1) is 0 Å². The molecule has 1 N–H and O–H groups in total.